The molecule has 0 saturated carbocycles. The number of hydrogen-bond acceptors (Lipinski definition) is 6. The number of carbonyl (C=O) groups excluding carboxylic acids is 2. The van der Waals surface area contributed by atoms with E-state index in [1.807, 2.05) is 47.0 Å². The molecule has 3 aromatic rings. The van der Waals surface area contributed by atoms with Gasteiger partial charge in [0.25, 0.3) is 0 Å². The molecule has 176 valence electrons. The second-order valence-electron chi connectivity index (χ2n) is 8.39. The largest absolute Gasteiger partial charge is 0.341 e. The summed E-state index contributed by atoms with van der Waals surface area (Å²) in [6.07, 6.45) is 3.03. The van der Waals surface area contributed by atoms with Gasteiger partial charge in [0.1, 0.15) is 0 Å². The van der Waals surface area contributed by atoms with E-state index in [0.717, 1.165) is 60.9 Å². The van der Waals surface area contributed by atoms with Crippen LogP contribution in [-0.4, -0.2) is 52.0 Å². The lowest BCUT2D eigenvalue weighted by Gasteiger charge is -2.18. The topological polar surface area (TPSA) is 83.4 Å². The van der Waals surface area contributed by atoms with Crippen LogP contribution in [0.2, 0.25) is 5.02 Å². The molecule has 2 aliphatic heterocycles. The highest BCUT2D eigenvalue weighted by atomic mass is 35.5. The summed E-state index contributed by atoms with van der Waals surface area (Å²) in [5, 5.41) is 13.1. The van der Waals surface area contributed by atoms with E-state index in [1.165, 1.54) is 11.8 Å². The quantitative estimate of drug-likeness (QED) is 0.516. The number of halogens is 1. The number of aromatic nitrogens is 3. The molecule has 1 N–H and O–H groups in total. The van der Waals surface area contributed by atoms with Crippen LogP contribution < -0.4 is 15.1 Å². The molecule has 0 bridgehead atoms. The van der Waals surface area contributed by atoms with Crippen molar-refractivity contribution in [1.29, 1.82) is 0 Å². The van der Waals surface area contributed by atoms with Crippen molar-refractivity contribution in [2.24, 2.45) is 0 Å². The number of hydrogen-bond donors (Lipinski definition) is 1. The van der Waals surface area contributed by atoms with E-state index in [-0.39, 0.29) is 17.6 Å². The van der Waals surface area contributed by atoms with Crippen molar-refractivity contribution in [3.8, 4) is 5.69 Å². The molecule has 1 saturated heterocycles. The smallest absolute Gasteiger partial charge is 0.234 e. The Morgan fingerprint density at radius 2 is 1.91 bits per heavy atom. The lowest BCUT2D eigenvalue weighted by molar-refractivity contribution is -0.116. The number of nitrogens with zero attached hydrogens (tertiary/aromatic N) is 5. The first-order valence-electron chi connectivity index (χ1n) is 11.3. The molecule has 1 aromatic heterocycles. The van der Waals surface area contributed by atoms with Crippen LogP contribution in [0.4, 0.5) is 17.3 Å². The van der Waals surface area contributed by atoms with Gasteiger partial charge in [0.15, 0.2) is 5.16 Å². The van der Waals surface area contributed by atoms with Gasteiger partial charge in [-0.2, -0.15) is 0 Å². The summed E-state index contributed by atoms with van der Waals surface area (Å²) in [7, 11) is 0. The molecular formula is C24H25ClN6O2S. The highest BCUT2D eigenvalue weighted by Crippen LogP contribution is 2.32. The monoisotopic (exact) mass is 496 g/mol. The molecule has 2 aliphatic rings. The zero-order valence-electron chi connectivity index (χ0n) is 18.8. The predicted octanol–water partition coefficient (Wildman–Crippen LogP) is 4.16. The Bertz CT molecular complexity index is 1240. The summed E-state index contributed by atoms with van der Waals surface area (Å²) in [6, 6.07) is 13.2. The number of benzene rings is 2. The summed E-state index contributed by atoms with van der Waals surface area (Å²) in [4.78, 5) is 28.5. The average molecular weight is 497 g/mol. The maximum absolute atomic E-state index is 12.7. The molecule has 2 aromatic carbocycles. The van der Waals surface area contributed by atoms with E-state index in [1.54, 1.807) is 11.8 Å². The Kier molecular flexibility index (Phi) is 6.47. The lowest BCUT2D eigenvalue weighted by atomic mass is 10.1. The van der Waals surface area contributed by atoms with E-state index in [4.69, 9.17) is 11.6 Å². The minimum absolute atomic E-state index is 0.0315. The van der Waals surface area contributed by atoms with Crippen molar-refractivity contribution in [2.45, 2.75) is 31.3 Å². The SMILES string of the molecule is CC(=O)N1CCc2cc(NC(=O)CSc3nnc(N4CCCC4)n3-c3cccc(Cl)c3)ccc21. The number of nitrogens with one attached hydrogen (secondary N) is 1. The number of anilines is 3. The van der Waals surface area contributed by atoms with Gasteiger partial charge in [-0.1, -0.05) is 29.4 Å². The van der Waals surface area contributed by atoms with Gasteiger partial charge in [0, 0.05) is 43.0 Å². The maximum atomic E-state index is 12.7. The first-order valence-corrected chi connectivity index (χ1v) is 12.7. The van der Waals surface area contributed by atoms with Gasteiger partial charge >= 0.3 is 0 Å². The second kappa shape index (κ2) is 9.68. The van der Waals surface area contributed by atoms with Gasteiger partial charge in [0.2, 0.25) is 17.8 Å². The minimum Gasteiger partial charge on any atom is -0.341 e. The Morgan fingerprint density at radius 1 is 1.09 bits per heavy atom. The Hall–Kier alpha value is -3.04. The molecular weight excluding hydrogens is 472 g/mol. The van der Waals surface area contributed by atoms with Gasteiger partial charge in [-0.3, -0.25) is 14.2 Å². The average Bonchev–Trinajstić information content (AvgIpc) is 3.56. The summed E-state index contributed by atoms with van der Waals surface area (Å²) in [6.45, 7) is 4.11. The van der Waals surface area contributed by atoms with Crippen LogP contribution in [0.1, 0.15) is 25.3 Å². The fourth-order valence-corrected chi connectivity index (χ4v) is 5.38. The van der Waals surface area contributed by atoms with Crippen molar-refractivity contribution >= 4 is 52.5 Å². The van der Waals surface area contributed by atoms with Gasteiger partial charge in [0.05, 0.1) is 11.4 Å². The third-order valence-corrected chi connectivity index (χ3v) is 7.21. The fourth-order valence-electron chi connectivity index (χ4n) is 4.45. The zero-order chi connectivity index (χ0) is 23.7. The molecule has 0 aliphatic carbocycles. The molecule has 34 heavy (non-hydrogen) atoms. The summed E-state index contributed by atoms with van der Waals surface area (Å²) < 4.78 is 1.97. The molecule has 0 radical (unpaired) electrons. The first-order chi connectivity index (χ1) is 16.5. The van der Waals surface area contributed by atoms with Crippen LogP contribution in [0.3, 0.4) is 0 Å². The van der Waals surface area contributed by atoms with Crippen molar-refractivity contribution in [2.75, 3.05) is 40.5 Å². The highest BCUT2D eigenvalue weighted by Gasteiger charge is 2.24. The van der Waals surface area contributed by atoms with E-state index in [0.29, 0.717) is 16.7 Å². The molecule has 2 amide bonds. The minimum atomic E-state index is -0.130. The summed E-state index contributed by atoms with van der Waals surface area (Å²) in [5.74, 6) is 0.866. The van der Waals surface area contributed by atoms with Crippen molar-refractivity contribution in [1.82, 2.24) is 14.8 Å². The number of amides is 2. The number of thioether (sulfide) groups is 1. The van der Waals surface area contributed by atoms with Crippen LogP contribution in [-0.2, 0) is 16.0 Å². The Morgan fingerprint density at radius 3 is 2.68 bits per heavy atom. The number of rotatable bonds is 6. The Balaban J connectivity index is 1.31. The van der Waals surface area contributed by atoms with E-state index >= 15 is 0 Å². The maximum Gasteiger partial charge on any atom is 0.234 e. The standard InChI is InChI=1S/C24H25ClN6O2S/c1-16(32)30-12-9-17-13-19(7-8-21(17)30)26-22(33)15-34-24-28-27-23(29-10-2-3-11-29)31(24)20-6-4-5-18(25)14-20/h4-8,13-14H,2-3,9-12,15H2,1H3,(H,26,33). The first kappa shape index (κ1) is 22.7. The Labute approximate surface area is 207 Å². The highest BCUT2D eigenvalue weighted by molar-refractivity contribution is 7.99. The molecule has 8 nitrogen and oxygen atoms in total. The fraction of sp³-hybridized carbons (Fsp3) is 0.333. The molecule has 0 atom stereocenters. The second-order valence-corrected chi connectivity index (χ2v) is 9.77. The number of fused-ring (bicyclic) bond motifs is 1. The molecule has 5 rings (SSSR count). The van der Waals surface area contributed by atoms with Gasteiger partial charge in [-0.05, 0) is 61.2 Å². The number of carbonyl (C=O) groups is 2. The zero-order valence-corrected chi connectivity index (χ0v) is 20.4. The van der Waals surface area contributed by atoms with Crippen LogP contribution in [0.5, 0.6) is 0 Å². The summed E-state index contributed by atoms with van der Waals surface area (Å²) in [5.41, 5.74) is 3.58. The van der Waals surface area contributed by atoms with Crippen LogP contribution in [0, 0.1) is 0 Å². The van der Waals surface area contributed by atoms with E-state index < -0.39 is 0 Å². The van der Waals surface area contributed by atoms with Gasteiger partial charge < -0.3 is 15.1 Å². The summed E-state index contributed by atoms with van der Waals surface area (Å²) >= 11 is 7.59. The van der Waals surface area contributed by atoms with Crippen LogP contribution >= 0.6 is 23.4 Å². The van der Waals surface area contributed by atoms with Crippen molar-refractivity contribution in [3.05, 3.63) is 53.1 Å². The lowest BCUT2D eigenvalue weighted by Crippen LogP contribution is -2.25. The third kappa shape index (κ3) is 4.63. The van der Waals surface area contributed by atoms with Crippen molar-refractivity contribution in [3.63, 3.8) is 0 Å². The van der Waals surface area contributed by atoms with Gasteiger partial charge in [-0.25, -0.2) is 0 Å². The van der Waals surface area contributed by atoms with E-state index in [9.17, 15) is 9.59 Å². The van der Waals surface area contributed by atoms with Gasteiger partial charge in [-0.15, -0.1) is 10.2 Å². The molecule has 0 spiro atoms. The van der Waals surface area contributed by atoms with Crippen molar-refractivity contribution < 1.29 is 9.59 Å². The normalized spacial score (nSPS) is 15.0. The predicted molar refractivity (Wildman–Crippen MR) is 135 cm³/mol. The molecule has 3 heterocycles. The molecule has 10 heteroatoms. The van der Waals surface area contributed by atoms with E-state index in [2.05, 4.69) is 20.4 Å². The van der Waals surface area contributed by atoms with Crippen LogP contribution in [0.25, 0.3) is 5.69 Å². The van der Waals surface area contributed by atoms with Crippen LogP contribution in [0.15, 0.2) is 47.6 Å². The molecule has 0 unspecified atom stereocenters. The molecule has 1 fully saturated rings. The third-order valence-electron chi connectivity index (χ3n) is 6.04.